The number of nitrogens with zero attached hydrogens (tertiary/aromatic N) is 2. The minimum absolute atomic E-state index is 0.120. The van der Waals surface area contributed by atoms with E-state index < -0.39 is 11.9 Å². The number of carboxylic acids is 1. The van der Waals surface area contributed by atoms with Gasteiger partial charge in [0.05, 0.1) is 6.54 Å². The lowest BCUT2D eigenvalue weighted by Gasteiger charge is -2.12. The van der Waals surface area contributed by atoms with Gasteiger partial charge in [0.15, 0.2) is 0 Å². The van der Waals surface area contributed by atoms with Crippen LogP contribution in [0.25, 0.3) is 0 Å². The van der Waals surface area contributed by atoms with Crippen molar-refractivity contribution in [3.63, 3.8) is 0 Å². The summed E-state index contributed by atoms with van der Waals surface area (Å²) < 4.78 is 1.69. The number of aliphatic carboxylic acids is 1. The second-order valence-electron chi connectivity index (χ2n) is 3.31. The van der Waals surface area contributed by atoms with Gasteiger partial charge in [-0.3, -0.25) is 9.48 Å². The van der Waals surface area contributed by atoms with Gasteiger partial charge in [0.1, 0.15) is 0 Å². The molecule has 6 heteroatoms. The minimum Gasteiger partial charge on any atom is -0.478 e. The highest BCUT2D eigenvalue weighted by Crippen LogP contribution is 1.90. The lowest BCUT2D eigenvalue weighted by molar-refractivity contribution is -0.131. The molecule has 0 aromatic carbocycles. The fourth-order valence-electron chi connectivity index (χ4n) is 1.17. The standard InChI is InChI=1S/C10H13N3O3/c1-8(7-13-6-2-5-11-13)12-9(14)3-4-10(15)16/h2-6,8H,7H2,1H3,(H,12,14)(H,15,16)/b4-3+. The molecule has 0 fully saturated rings. The minimum atomic E-state index is -1.14. The average molecular weight is 223 g/mol. The molecule has 1 amide bonds. The van der Waals surface area contributed by atoms with Crippen LogP contribution in [-0.2, 0) is 16.1 Å². The van der Waals surface area contributed by atoms with Crippen LogP contribution in [0, 0.1) is 0 Å². The molecule has 0 spiro atoms. The third kappa shape index (κ3) is 4.41. The number of carboxylic acid groups (broad SMARTS) is 1. The maximum absolute atomic E-state index is 11.2. The third-order valence-corrected chi connectivity index (χ3v) is 1.79. The van der Waals surface area contributed by atoms with Crippen LogP contribution in [0.2, 0.25) is 0 Å². The van der Waals surface area contributed by atoms with E-state index in [1.165, 1.54) is 0 Å². The van der Waals surface area contributed by atoms with Crippen LogP contribution < -0.4 is 5.32 Å². The van der Waals surface area contributed by atoms with E-state index in [4.69, 9.17) is 5.11 Å². The summed E-state index contributed by atoms with van der Waals surface area (Å²) in [6, 6.07) is 1.67. The van der Waals surface area contributed by atoms with Gasteiger partial charge in [-0.25, -0.2) is 4.79 Å². The van der Waals surface area contributed by atoms with Crippen molar-refractivity contribution in [2.24, 2.45) is 0 Å². The number of rotatable bonds is 5. The largest absolute Gasteiger partial charge is 0.478 e. The molecule has 0 aliphatic carbocycles. The topological polar surface area (TPSA) is 84.2 Å². The first-order valence-corrected chi connectivity index (χ1v) is 4.77. The average Bonchev–Trinajstić information content (AvgIpc) is 2.67. The summed E-state index contributed by atoms with van der Waals surface area (Å²) >= 11 is 0. The van der Waals surface area contributed by atoms with Crippen LogP contribution in [0.4, 0.5) is 0 Å². The second-order valence-corrected chi connectivity index (χ2v) is 3.31. The fraction of sp³-hybridized carbons (Fsp3) is 0.300. The Balaban J connectivity index is 2.37. The first kappa shape index (κ1) is 12.0. The number of hydrogen-bond acceptors (Lipinski definition) is 3. The SMILES string of the molecule is CC(Cn1cccn1)NC(=O)/C=C/C(=O)O. The summed E-state index contributed by atoms with van der Waals surface area (Å²) in [6.45, 7) is 2.35. The Morgan fingerprint density at radius 1 is 1.56 bits per heavy atom. The quantitative estimate of drug-likeness (QED) is 0.690. The molecule has 2 N–H and O–H groups in total. The summed E-state index contributed by atoms with van der Waals surface area (Å²) in [4.78, 5) is 21.4. The summed E-state index contributed by atoms with van der Waals surface area (Å²) in [6.07, 6.45) is 5.23. The van der Waals surface area contributed by atoms with Crippen molar-refractivity contribution in [2.45, 2.75) is 19.5 Å². The third-order valence-electron chi connectivity index (χ3n) is 1.79. The van der Waals surface area contributed by atoms with Gasteiger partial charge in [-0.2, -0.15) is 5.10 Å². The molecule has 1 heterocycles. The number of hydrogen-bond donors (Lipinski definition) is 2. The van der Waals surface area contributed by atoms with Gasteiger partial charge >= 0.3 is 5.97 Å². The first-order chi connectivity index (χ1) is 7.58. The molecule has 0 saturated heterocycles. The molecule has 6 nitrogen and oxygen atoms in total. The Morgan fingerprint density at radius 2 is 2.31 bits per heavy atom. The van der Waals surface area contributed by atoms with Gasteiger partial charge in [-0.15, -0.1) is 0 Å². The monoisotopic (exact) mass is 223 g/mol. The predicted octanol–water partition coefficient (Wildman–Crippen LogP) is 0.0286. The van der Waals surface area contributed by atoms with E-state index in [-0.39, 0.29) is 6.04 Å². The molecular formula is C10H13N3O3. The van der Waals surface area contributed by atoms with E-state index in [1.54, 1.807) is 23.1 Å². The number of nitrogens with one attached hydrogen (secondary N) is 1. The van der Waals surface area contributed by atoms with Gasteiger partial charge in [0, 0.05) is 30.6 Å². The predicted molar refractivity (Wildman–Crippen MR) is 56.6 cm³/mol. The number of amides is 1. The van der Waals surface area contributed by atoms with Crippen molar-refractivity contribution >= 4 is 11.9 Å². The van der Waals surface area contributed by atoms with Crippen LogP contribution in [-0.4, -0.2) is 32.8 Å². The normalized spacial score (nSPS) is 12.6. The Hall–Kier alpha value is -2.11. The summed E-state index contributed by atoms with van der Waals surface area (Å²) in [7, 11) is 0. The number of carbonyl (C=O) groups excluding carboxylic acids is 1. The van der Waals surface area contributed by atoms with Crippen LogP contribution in [0.1, 0.15) is 6.92 Å². The van der Waals surface area contributed by atoms with E-state index in [2.05, 4.69) is 10.4 Å². The van der Waals surface area contributed by atoms with Crippen LogP contribution in [0.15, 0.2) is 30.6 Å². The molecule has 1 atom stereocenters. The van der Waals surface area contributed by atoms with Gasteiger partial charge in [-0.1, -0.05) is 0 Å². The smallest absolute Gasteiger partial charge is 0.328 e. The zero-order chi connectivity index (χ0) is 12.0. The van der Waals surface area contributed by atoms with Crippen molar-refractivity contribution in [1.82, 2.24) is 15.1 Å². The molecule has 1 rings (SSSR count). The van der Waals surface area contributed by atoms with E-state index in [0.717, 1.165) is 12.2 Å². The number of aromatic nitrogens is 2. The Labute approximate surface area is 92.6 Å². The summed E-state index contributed by atoms with van der Waals surface area (Å²) in [5, 5.41) is 14.9. The molecule has 0 aliphatic heterocycles. The van der Waals surface area contributed by atoms with E-state index in [9.17, 15) is 9.59 Å². The van der Waals surface area contributed by atoms with Crippen molar-refractivity contribution in [3.05, 3.63) is 30.6 Å². The highest BCUT2D eigenvalue weighted by molar-refractivity contribution is 5.93. The highest BCUT2D eigenvalue weighted by atomic mass is 16.4. The second kappa shape index (κ2) is 5.69. The molecular weight excluding hydrogens is 210 g/mol. The Morgan fingerprint density at radius 3 is 2.88 bits per heavy atom. The van der Waals surface area contributed by atoms with Crippen LogP contribution in [0.3, 0.4) is 0 Å². The van der Waals surface area contributed by atoms with Crippen LogP contribution in [0.5, 0.6) is 0 Å². The molecule has 0 bridgehead atoms. The zero-order valence-electron chi connectivity index (χ0n) is 8.83. The molecule has 0 radical (unpaired) electrons. The molecule has 1 aromatic rings. The lowest BCUT2D eigenvalue weighted by atomic mass is 10.3. The zero-order valence-corrected chi connectivity index (χ0v) is 8.83. The van der Waals surface area contributed by atoms with Crippen LogP contribution >= 0.6 is 0 Å². The van der Waals surface area contributed by atoms with Gasteiger partial charge in [0.25, 0.3) is 0 Å². The Kier molecular flexibility index (Phi) is 4.26. The fourth-order valence-corrected chi connectivity index (χ4v) is 1.17. The Bertz CT molecular complexity index is 384. The first-order valence-electron chi connectivity index (χ1n) is 4.77. The summed E-state index contributed by atoms with van der Waals surface area (Å²) in [5.74, 6) is -1.57. The van der Waals surface area contributed by atoms with Crippen molar-refractivity contribution < 1.29 is 14.7 Å². The highest BCUT2D eigenvalue weighted by Gasteiger charge is 2.05. The van der Waals surface area contributed by atoms with E-state index >= 15 is 0 Å². The van der Waals surface area contributed by atoms with Gasteiger partial charge in [-0.05, 0) is 13.0 Å². The molecule has 0 saturated carbocycles. The van der Waals surface area contributed by atoms with Gasteiger partial charge < -0.3 is 10.4 Å². The van der Waals surface area contributed by atoms with Crippen molar-refractivity contribution in [2.75, 3.05) is 0 Å². The maximum atomic E-state index is 11.2. The van der Waals surface area contributed by atoms with E-state index in [0.29, 0.717) is 6.54 Å². The van der Waals surface area contributed by atoms with E-state index in [1.807, 2.05) is 6.92 Å². The maximum Gasteiger partial charge on any atom is 0.328 e. The molecule has 1 unspecified atom stereocenters. The van der Waals surface area contributed by atoms with Crippen molar-refractivity contribution in [1.29, 1.82) is 0 Å². The molecule has 86 valence electrons. The molecule has 16 heavy (non-hydrogen) atoms. The summed E-state index contributed by atoms with van der Waals surface area (Å²) in [5.41, 5.74) is 0. The van der Waals surface area contributed by atoms with Gasteiger partial charge in [0.2, 0.25) is 5.91 Å². The van der Waals surface area contributed by atoms with Crippen molar-refractivity contribution in [3.8, 4) is 0 Å². The molecule has 1 aromatic heterocycles. The number of carbonyl (C=O) groups is 2. The lowest BCUT2D eigenvalue weighted by Crippen LogP contribution is -2.34. The molecule has 0 aliphatic rings.